The van der Waals surface area contributed by atoms with Gasteiger partial charge in [0, 0.05) is 42.3 Å². The van der Waals surface area contributed by atoms with Crippen molar-refractivity contribution in [2.45, 2.75) is 39.8 Å². The number of aromatic amines is 1. The number of aromatic nitrogens is 3. The highest BCUT2D eigenvalue weighted by molar-refractivity contribution is 7.16. The standard InChI is InChI=1S/C27H29Cl2N5OS/c1-18(2)14-23-26(20-8-9-21(28)22(29)15-20)33-27(36-23)34(17-19-6-4-3-5-7-19)13-10-25(35)32-16-24-30-11-12-31-24/h3-9,11-12,15,18H,10,13-14,16-17H2,1-2H3,(H,30,31)(H,32,35). The van der Waals surface area contributed by atoms with Gasteiger partial charge in [-0.25, -0.2) is 9.97 Å². The summed E-state index contributed by atoms with van der Waals surface area (Å²) in [7, 11) is 0. The zero-order valence-corrected chi connectivity index (χ0v) is 22.6. The molecule has 9 heteroatoms. The summed E-state index contributed by atoms with van der Waals surface area (Å²) in [6, 6.07) is 15.9. The van der Waals surface area contributed by atoms with E-state index in [9.17, 15) is 4.79 Å². The van der Waals surface area contributed by atoms with Gasteiger partial charge in [0.15, 0.2) is 5.13 Å². The van der Waals surface area contributed by atoms with Crippen LogP contribution < -0.4 is 10.2 Å². The zero-order valence-electron chi connectivity index (χ0n) is 20.3. The Morgan fingerprint density at radius 3 is 2.64 bits per heavy atom. The van der Waals surface area contributed by atoms with Crippen molar-refractivity contribution in [1.29, 1.82) is 0 Å². The van der Waals surface area contributed by atoms with Gasteiger partial charge in [0.25, 0.3) is 0 Å². The summed E-state index contributed by atoms with van der Waals surface area (Å²) in [5.74, 6) is 1.16. The molecule has 2 heterocycles. The van der Waals surface area contributed by atoms with Crippen LogP contribution in [0.3, 0.4) is 0 Å². The van der Waals surface area contributed by atoms with Gasteiger partial charge in [0.05, 0.1) is 22.3 Å². The molecule has 0 aliphatic carbocycles. The fourth-order valence-electron chi connectivity index (χ4n) is 3.80. The van der Waals surface area contributed by atoms with E-state index in [1.807, 2.05) is 36.4 Å². The molecule has 0 fully saturated rings. The van der Waals surface area contributed by atoms with E-state index in [4.69, 9.17) is 28.2 Å². The van der Waals surface area contributed by atoms with E-state index in [-0.39, 0.29) is 5.91 Å². The summed E-state index contributed by atoms with van der Waals surface area (Å²) in [4.78, 5) is 28.2. The first-order chi connectivity index (χ1) is 17.4. The fourth-order valence-corrected chi connectivity index (χ4v) is 5.42. The van der Waals surface area contributed by atoms with Gasteiger partial charge in [-0.3, -0.25) is 4.79 Å². The Bertz CT molecular complexity index is 1270. The van der Waals surface area contributed by atoms with Gasteiger partial charge in [-0.05, 0) is 30.0 Å². The molecule has 1 amide bonds. The largest absolute Gasteiger partial charge is 0.349 e. The van der Waals surface area contributed by atoms with Gasteiger partial charge in [0.1, 0.15) is 5.82 Å². The Labute approximate surface area is 225 Å². The van der Waals surface area contributed by atoms with Crippen LogP contribution in [0.2, 0.25) is 10.0 Å². The number of H-pyrrole nitrogens is 1. The fraction of sp³-hybridized carbons (Fsp3) is 0.296. The molecular weight excluding hydrogens is 513 g/mol. The first kappa shape index (κ1) is 26.2. The minimum atomic E-state index is -0.0341. The van der Waals surface area contributed by atoms with Crippen molar-refractivity contribution in [1.82, 2.24) is 20.3 Å². The number of nitrogens with one attached hydrogen (secondary N) is 2. The smallest absolute Gasteiger partial charge is 0.222 e. The lowest BCUT2D eigenvalue weighted by Gasteiger charge is -2.22. The molecule has 36 heavy (non-hydrogen) atoms. The second-order valence-electron chi connectivity index (χ2n) is 8.96. The SMILES string of the molecule is CC(C)Cc1sc(N(CCC(=O)NCc2ncc[nH]2)Cc2ccccc2)nc1-c1ccc(Cl)c(Cl)c1. The predicted octanol–water partition coefficient (Wildman–Crippen LogP) is 6.75. The monoisotopic (exact) mass is 541 g/mol. The molecule has 4 aromatic rings. The molecular formula is C27H29Cl2N5OS. The van der Waals surface area contributed by atoms with E-state index >= 15 is 0 Å². The summed E-state index contributed by atoms with van der Waals surface area (Å²) >= 11 is 14.2. The van der Waals surface area contributed by atoms with E-state index in [1.165, 1.54) is 4.88 Å². The topological polar surface area (TPSA) is 73.9 Å². The molecule has 0 unspecified atom stereocenters. The highest BCUT2D eigenvalue weighted by atomic mass is 35.5. The van der Waals surface area contributed by atoms with Crippen molar-refractivity contribution < 1.29 is 4.79 Å². The molecule has 0 saturated heterocycles. The molecule has 4 rings (SSSR count). The Kier molecular flexibility index (Phi) is 9.02. The summed E-state index contributed by atoms with van der Waals surface area (Å²) in [5.41, 5.74) is 3.02. The first-order valence-electron chi connectivity index (χ1n) is 11.9. The molecule has 0 atom stereocenters. The summed E-state index contributed by atoms with van der Waals surface area (Å²) < 4.78 is 0. The van der Waals surface area contributed by atoms with Crippen molar-refractivity contribution in [2.24, 2.45) is 5.92 Å². The van der Waals surface area contributed by atoms with E-state index < -0.39 is 0 Å². The van der Waals surface area contributed by atoms with Crippen LogP contribution in [0.4, 0.5) is 5.13 Å². The predicted molar refractivity (Wildman–Crippen MR) is 149 cm³/mol. The summed E-state index contributed by atoms with van der Waals surface area (Å²) in [6.45, 7) is 5.96. The molecule has 0 aliphatic rings. The number of anilines is 1. The number of amides is 1. The third kappa shape index (κ3) is 7.09. The second kappa shape index (κ2) is 12.4. The summed E-state index contributed by atoms with van der Waals surface area (Å²) in [5, 5.41) is 4.84. The van der Waals surface area contributed by atoms with Crippen LogP contribution in [0, 0.1) is 5.92 Å². The number of thiazole rings is 1. The quantitative estimate of drug-likeness (QED) is 0.220. The maximum atomic E-state index is 12.6. The molecule has 2 aromatic heterocycles. The minimum Gasteiger partial charge on any atom is -0.349 e. The molecule has 188 valence electrons. The molecule has 2 aromatic carbocycles. The van der Waals surface area contributed by atoms with Crippen LogP contribution in [-0.2, 0) is 24.3 Å². The number of carbonyl (C=O) groups excluding carboxylic acids is 1. The molecule has 2 N–H and O–H groups in total. The first-order valence-corrected chi connectivity index (χ1v) is 13.4. The van der Waals surface area contributed by atoms with Crippen molar-refractivity contribution in [2.75, 3.05) is 11.4 Å². The highest BCUT2D eigenvalue weighted by Crippen LogP contribution is 2.37. The summed E-state index contributed by atoms with van der Waals surface area (Å²) in [6.07, 6.45) is 4.66. The number of hydrogen-bond donors (Lipinski definition) is 2. The average Bonchev–Trinajstić information content (AvgIpc) is 3.53. The Morgan fingerprint density at radius 1 is 1.14 bits per heavy atom. The van der Waals surface area contributed by atoms with E-state index in [0.717, 1.165) is 34.2 Å². The van der Waals surface area contributed by atoms with E-state index in [1.54, 1.807) is 23.7 Å². The van der Waals surface area contributed by atoms with Crippen LogP contribution in [0.25, 0.3) is 11.3 Å². The Balaban J connectivity index is 1.59. The number of nitrogens with zero attached hydrogens (tertiary/aromatic N) is 3. The van der Waals surface area contributed by atoms with Gasteiger partial charge in [-0.2, -0.15) is 0 Å². The minimum absolute atomic E-state index is 0.0341. The number of carbonyl (C=O) groups is 1. The molecule has 0 spiro atoms. The third-order valence-electron chi connectivity index (χ3n) is 5.58. The van der Waals surface area contributed by atoms with Crippen LogP contribution in [0.5, 0.6) is 0 Å². The zero-order chi connectivity index (χ0) is 25.5. The van der Waals surface area contributed by atoms with E-state index in [0.29, 0.717) is 42.0 Å². The molecule has 0 radical (unpaired) electrons. The Morgan fingerprint density at radius 2 is 1.94 bits per heavy atom. The number of benzene rings is 2. The number of hydrogen-bond acceptors (Lipinski definition) is 5. The van der Waals surface area contributed by atoms with Crippen molar-refractivity contribution in [3.8, 4) is 11.3 Å². The lowest BCUT2D eigenvalue weighted by atomic mass is 10.0. The van der Waals surface area contributed by atoms with Gasteiger partial charge in [0.2, 0.25) is 5.91 Å². The average molecular weight is 543 g/mol. The number of rotatable bonds is 11. The van der Waals surface area contributed by atoms with Crippen LogP contribution in [0.1, 0.15) is 36.5 Å². The van der Waals surface area contributed by atoms with Crippen LogP contribution >= 0.6 is 34.5 Å². The number of halogens is 2. The molecule has 0 aliphatic heterocycles. The van der Waals surface area contributed by atoms with Gasteiger partial charge in [-0.1, -0.05) is 73.4 Å². The van der Waals surface area contributed by atoms with Gasteiger partial charge < -0.3 is 15.2 Å². The van der Waals surface area contributed by atoms with Crippen LogP contribution in [0.15, 0.2) is 60.9 Å². The lowest BCUT2D eigenvalue weighted by Crippen LogP contribution is -2.30. The highest BCUT2D eigenvalue weighted by Gasteiger charge is 2.20. The van der Waals surface area contributed by atoms with E-state index in [2.05, 4.69) is 46.2 Å². The second-order valence-corrected chi connectivity index (χ2v) is 10.8. The third-order valence-corrected chi connectivity index (χ3v) is 7.45. The maximum absolute atomic E-state index is 12.6. The number of imidazole rings is 1. The molecule has 0 bridgehead atoms. The van der Waals surface area contributed by atoms with Gasteiger partial charge >= 0.3 is 0 Å². The Hall–Kier alpha value is -2.87. The maximum Gasteiger partial charge on any atom is 0.222 e. The van der Waals surface area contributed by atoms with Crippen molar-refractivity contribution in [3.05, 3.63) is 87.2 Å². The lowest BCUT2D eigenvalue weighted by molar-refractivity contribution is -0.121. The van der Waals surface area contributed by atoms with Crippen LogP contribution in [-0.4, -0.2) is 27.4 Å². The normalized spacial score (nSPS) is 11.1. The molecule has 6 nitrogen and oxygen atoms in total. The van der Waals surface area contributed by atoms with Gasteiger partial charge in [-0.15, -0.1) is 11.3 Å². The molecule has 0 saturated carbocycles. The van der Waals surface area contributed by atoms with Crippen molar-refractivity contribution in [3.63, 3.8) is 0 Å². The van der Waals surface area contributed by atoms with Crippen molar-refractivity contribution >= 4 is 45.6 Å².